The van der Waals surface area contributed by atoms with Gasteiger partial charge >= 0.3 is 0 Å². The van der Waals surface area contributed by atoms with Gasteiger partial charge < -0.3 is 15.6 Å². The van der Waals surface area contributed by atoms with E-state index in [0.717, 1.165) is 25.9 Å². The molecule has 1 atom stereocenters. The Morgan fingerprint density at radius 1 is 1.43 bits per heavy atom. The summed E-state index contributed by atoms with van der Waals surface area (Å²) in [6.07, 6.45) is 1.97. The van der Waals surface area contributed by atoms with Crippen molar-refractivity contribution in [1.29, 1.82) is 0 Å². The first kappa shape index (κ1) is 13.6. The number of nitro groups is 1. The number of H-pyrrole nitrogens is 1. The van der Waals surface area contributed by atoms with Crippen LogP contribution in [0.25, 0.3) is 10.9 Å². The summed E-state index contributed by atoms with van der Waals surface area (Å²) in [5.74, 6) is -0.228. The molecule has 21 heavy (non-hydrogen) atoms. The van der Waals surface area contributed by atoms with Crippen molar-refractivity contribution >= 4 is 22.5 Å². The predicted octanol–water partition coefficient (Wildman–Crippen LogP) is 1.56. The van der Waals surface area contributed by atoms with E-state index in [2.05, 4.69) is 15.6 Å². The van der Waals surface area contributed by atoms with E-state index < -0.39 is 4.92 Å². The van der Waals surface area contributed by atoms with Crippen molar-refractivity contribution in [1.82, 2.24) is 15.6 Å². The summed E-state index contributed by atoms with van der Waals surface area (Å²) in [4.78, 5) is 25.6. The lowest BCUT2D eigenvalue weighted by Crippen LogP contribution is -2.45. The highest BCUT2D eigenvalue weighted by Gasteiger charge is 2.20. The third-order valence-corrected chi connectivity index (χ3v) is 3.71. The zero-order valence-electron chi connectivity index (χ0n) is 11.4. The maximum Gasteiger partial charge on any atom is 0.293 e. The second-order valence-electron chi connectivity index (χ2n) is 5.20. The lowest BCUT2D eigenvalue weighted by atomic mass is 10.1. The minimum atomic E-state index is -0.453. The second kappa shape index (κ2) is 5.53. The van der Waals surface area contributed by atoms with E-state index in [9.17, 15) is 14.9 Å². The van der Waals surface area contributed by atoms with Gasteiger partial charge in [-0.1, -0.05) is 12.1 Å². The van der Waals surface area contributed by atoms with E-state index in [4.69, 9.17) is 0 Å². The lowest BCUT2D eigenvalue weighted by Gasteiger charge is -2.23. The highest BCUT2D eigenvalue weighted by atomic mass is 16.6. The number of nitrogens with one attached hydrogen (secondary N) is 3. The average molecular weight is 288 g/mol. The van der Waals surface area contributed by atoms with Gasteiger partial charge in [-0.2, -0.15) is 0 Å². The number of non-ortho nitro benzene ring substituents is 1. The first-order valence-electron chi connectivity index (χ1n) is 6.93. The van der Waals surface area contributed by atoms with Crippen LogP contribution in [0.5, 0.6) is 0 Å². The van der Waals surface area contributed by atoms with Crippen LogP contribution in [-0.4, -0.2) is 34.9 Å². The Bertz CT molecular complexity index is 689. The fraction of sp³-hybridized carbons (Fsp3) is 0.357. The molecule has 0 radical (unpaired) electrons. The smallest absolute Gasteiger partial charge is 0.293 e. The number of aromatic nitrogens is 1. The number of nitro benzene ring substituents is 1. The standard InChI is InChI=1S/C14H16N4O3/c19-14(16-10-4-2-6-15-8-10)11-7-9-3-1-5-12(18(20)21)13(9)17-11/h1,3,5,7,10,15,17H,2,4,6,8H2,(H,16,19). The number of carbonyl (C=O) groups excluding carboxylic acids is 1. The largest absolute Gasteiger partial charge is 0.347 e. The molecule has 1 unspecified atom stereocenters. The molecular weight excluding hydrogens is 272 g/mol. The van der Waals surface area contributed by atoms with Gasteiger partial charge in [0.2, 0.25) is 0 Å². The van der Waals surface area contributed by atoms with E-state index >= 15 is 0 Å². The van der Waals surface area contributed by atoms with Crippen molar-refractivity contribution in [2.45, 2.75) is 18.9 Å². The molecule has 2 heterocycles. The van der Waals surface area contributed by atoms with Crippen LogP contribution in [0.2, 0.25) is 0 Å². The third kappa shape index (κ3) is 2.73. The summed E-state index contributed by atoms with van der Waals surface area (Å²) in [6.45, 7) is 1.73. The molecule has 1 aromatic heterocycles. The van der Waals surface area contributed by atoms with E-state index in [1.54, 1.807) is 18.2 Å². The number of hydrogen-bond donors (Lipinski definition) is 3. The predicted molar refractivity (Wildman–Crippen MR) is 78.3 cm³/mol. The maximum absolute atomic E-state index is 12.2. The number of nitrogens with zero attached hydrogens (tertiary/aromatic N) is 1. The minimum absolute atomic E-state index is 0.0223. The molecule has 1 fully saturated rings. The van der Waals surface area contributed by atoms with Crippen LogP contribution in [0.15, 0.2) is 24.3 Å². The summed E-state index contributed by atoms with van der Waals surface area (Å²) in [7, 11) is 0. The second-order valence-corrected chi connectivity index (χ2v) is 5.20. The Hall–Kier alpha value is -2.41. The van der Waals surface area contributed by atoms with E-state index in [1.165, 1.54) is 6.07 Å². The summed E-state index contributed by atoms with van der Waals surface area (Å²) in [5, 5.41) is 17.8. The first-order valence-corrected chi connectivity index (χ1v) is 6.93. The van der Waals surface area contributed by atoms with Crippen LogP contribution in [0.4, 0.5) is 5.69 Å². The molecule has 1 aromatic carbocycles. The summed E-state index contributed by atoms with van der Waals surface area (Å²) in [6, 6.07) is 6.53. The fourth-order valence-electron chi connectivity index (χ4n) is 2.65. The highest BCUT2D eigenvalue weighted by Crippen LogP contribution is 2.25. The van der Waals surface area contributed by atoms with Gasteiger partial charge in [0, 0.05) is 24.0 Å². The number of rotatable bonds is 3. The topological polar surface area (TPSA) is 100 Å². The third-order valence-electron chi connectivity index (χ3n) is 3.71. The van der Waals surface area contributed by atoms with Gasteiger partial charge in [-0.25, -0.2) is 0 Å². The number of piperidine rings is 1. The SMILES string of the molecule is O=C(NC1CCCNC1)c1cc2cccc([N+](=O)[O-])c2[nH]1. The first-order chi connectivity index (χ1) is 10.1. The Morgan fingerprint density at radius 2 is 2.29 bits per heavy atom. The van der Waals surface area contributed by atoms with Crippen molar-refractivity contribution in [3.05, 3.63) is 40.1 Å². The summed E-state index contributed by atoms with van der Waals surface area (Å²) < 4.78 is 0. The number of para-hydroxylation sites is 1. The van der Waals surface area contributed by atoms with E-state index in [0.29, 0.717) is 16.6 Å². The van der Waals surface area contributed by atoms with Crippen LogP contribution in [0.3, 0.4) is 0 Å². The number of fused-ring (bicyclic) bond motifs is 1. The molecule has 0 bridgehead atoms. The fourth-order valence-corrected chi connectivity index (χ4v) is 2.65. The zero-order valence-corrected chi connectivity index (χ0v) is 11.4. The van der Waals surface area contributed by atoms with Crippen LogP contribution in [-0.2, 0) is 0 Å². The molecule has 1 aliphatic rings. The number of aromatic amines is 1. The number of amides is 1. The van der Waals surface area contributed by atoms with Gasteiger partial charge in [-0.05, 0) is 25.5 Å². The molecule has 1 saturated heterocycles. The van der Waals surface area contributed by atoms with Crippen LogP contribution in [0.1, 0.15) is 23.3 Å². The molecule has 2 aromatic rings. The van der Waals surface area contributed by atoms with Gasteiger partial charge in [-0.15, -0.1) is 0 Å². The van der Waals surface area contributed by atoms with Crippen LogP contribution >= 0.6 is 0 Å². The summed E-state index contributed by atoms with van der Waals surface area (Å²) in [5.41, 5.74) is 0.713. The van der Waals surface area contributed by atoms with Crippen molar-refractivity contribution < 1.29 is 9.72 Å². The van der Waals surface area contributed by atoms with Gasteiger partial charge in [0.25, 0.3) is 11.6 Å². The molecule has 0 aliphatic carbocycles. The Labute approximate surface area is 120 Å². The molecule has 0 saturated carbocycles. The van der Waals surface area contributed by atoms with Crippen molar-refractivity contribution in [2.75, 3.05) is 13.1 Å². The maximum atomic E-state index is 12.2. The molecule has 3 N–H and O–H groups in total. The Balaban J connectivity index is 1.85. The molecule has 3 rings (SSSR count). The molecular formula is C14H16N4O3. The number of hydrogen-bond acceptors (Lipinski definition) is 4. The molecule has 7 heteroatoms. The van der Waals surface area contributed by atoms with Gasteiger partial charge in [0.15, 0.2) is 0 Å². The van der Waals surface area contributed by atoms with Crippen LogP contribution < -0.4 is 10.6 Å². The van der Waals surface area contributed by atoms with Crippen molar-refractivity contribution in [3.63, 3.8) is 0 Å². The van der Waals surface area contributed by atoms with Crippen molar-refractivity contribution in [2.24, 2.45) is 0 Å². The number of carbonyl (C=O) groups is 1. The van der Waals surface area contributed by atoms with Gasteiger partial charge in [0.1, 0.15) is 11.2 Å². The monoisotopic (exact) mass is 288 g/mol. The Morgan fingerprint density at radius 3 is 3.00 bits per heavy atom. The van der Waals surface area contributed by atoms with E-state index in [-0.39, 0.29) is 17.6 Å². The average Bonchev–Trinajstić information content (AvgIpc) is 2.92. The lowest BCUT2D eigenvalue weighted by molar-refractivity contribution is -0.383. The molecule has 0 spiro atoms. The van der Waals surface area contributed by atoms with Crippen LogP contribution in [0, 0.1) is 10.1 Å². The van der Waals surface area contributed by atoms with Gasteiger partial charge in [-0.3, -0.25) is 14.9 Å². The van der Waals surface area contributed by atoms with E-state index in [1.807, 2.05) is 0 Å². The molecule has 1 aliphatic heterocycles. The zero-order chi connectivity index (χ0) is 14.8. The quantitative estimate of drug-likeness (QED) is 0.589. The summed E-state index contributed by atoms with van der Waals surface area (Å²) >= 11 is 0. The molecule has 110 valence electrons. The highest BCUT2D eigenvalue weighted by molar-refractivity contribution is 6.00. The normalized spacial score (nSPS) is 18.6. The van der Waals surface area contributed by atoms with Gasteiger partial charge in [0.05, 0.1) is 4.92 Å². The minimum Gasteiger partial charge on any atom is -0.347 e. The Kier molecular flexibility index (Phi) is 3.57. The number of benzene rings is 1. The molecule has 7 nitrogen and oxygen atoms in total. The molecule has 1 amide bonds. The van der Waals surface area contributed by atoms with Crippen molar-refractivity contribution in [3.8, 4) is 0 Å².